The van der Waals surface area contributed by atoms with E-state index in [1.165, 1.54) is 4.90 Å². The van der Waals surface area contributed by atoms with Crippen molar-refractivity contribution in [3.63, 3.8) is 0 Å². The second-order valence-electron chi connectivity index (χ2n) is 5.40. The highest BCUT2D eigenvalue weighted by Gasteiger charge is 2.32. The Morgan fingerprint density at radius 2 is 2.09 bits per heavy atom. The van der Waals surface area contributed by atoms with Crippen molar-refractivity contribution in [2.24, 2.45) is 16.6 Å². The molecule has 1 saturated heterocycles. The Labute approximate surface area is 127 Å². The maximum Gasteiger partial charge on any atom is 0.401 e. The summed E-state index contributed by atoms with van der Waals surface area (Å²) in [5, 5.41) is 2.88. The van der Waals surface area contributed by atoms with E-state index in [0.717, 1.165) is 0 Å². The molecule has 5 nitrogen and oxygen atoms in total. The number of anilines is 1. The maximum absolute atomic E-state index is 12.3. The van der Waals surface area contributed by atoms with Crippen LogP contribution in [0.2, 0.25) is 0 Å². The zero-order chi connectivity index (χ0) is 16.0. The van der Waals surface area contributed by atoms with E-state index < -0.39 is 12.7 Å². The molecule has 0 atom stereocenters. The van der Waals surface area contributed by atoms with Crippen LogP contribution in [0.3, 0.4) is 0 Å². The van der Waals surface area contributed by atoms with Gasteiger partial charge in [-0.3, -0.25) is 9.89 Å². The second kappa shape index (κ2) is 7.44. The van der Waals surface area contributed by atoms with E-state index in [1.54, 1.807) is 18.3 Å². The van der Waals surface area contributed by atoms with Gasteiger partial charge >= 0.3 is 6.18 Å². The molecular weight excluding hydrogens is 295 g/mol. The monoisotopic (exact) mass is 315 g/mol. The fourth-order valence-corrected chi connectivity index (χ4v) is 2.42. The van der Waals surface area contributed by atoms with Crippen LogP contribution in [0, 0.1) is 5.92 Å². The van der Waals surface area contributed by atoms with Gasteiger partial charge in [-0.15, -0.1) is 0 Å². The highest BCUT2D eigenvalue weighted by atomic mass is 19.4. The van der Waals surface area contributed by atoms with Gasteiger partial charge < -0.3 is 11.1 Å². The van der Waals surface area contributed by atoms with Crippen molar-refractivity contribution in [1.82, 2.24) is 9.88 Å². The van der Waals surface area contributed by atoms with Gasteiger partial charge in [0.05, 0.1) is 6.54 Å². The third kappa shape index (κ3) is 5.88. The second-order valence-corrected chi connectivity index (χ2v) is 5.40. The Balaban J connectivity index is 1.73. The fraction of sp³-hybridized carbons (Fsp3) is 0.571. The number of guanidine groups is 1. The molecule has 0 aliphatic carbocycles. The van der Waals surface area contributed by atoms with Gasteiger partial charge in [-0.2, -0.15) is 13.2 Å². The summed E-state index contributed by atoms with van der Waals surface area (Å²) < 4.78 is 36.9. The zero-order valence-electron chi connectivity index (χ0n) is 12.2. The van der Waals surface area contributed by atoms with Gasteiger partial charge in [0, 0.05) is 12.7 Å². The third-order valence-electron chi connectivity index (χ3n) is 3.55. The molecule has 0 saturated carbocycles. The van der Waals surface area contributed by atoms with Crippen LogP contribution in [0.15, 0.2) is 29.4 Å². The first-order valence-electron chi connectivity index (χ1n) is 7.19. The van der Waals surface area contributed by atoms with Crippen molar-refractivity contribution < 1.29 is 13.2 Å². The summed E-state index contributed by atoms with van der Waals surface area (Å²) >= 11 is 0. The molecule has 0 bridgehead atoms. The van der Waals surface area contributed by atoms with Crippen LogP contribution in [0.25, 0.3) is 0 Å². The van der Waals surface area contributed by atoms with Gasteiger partial charge in [-0.1, -0.05) is 6.07 Å². The molecule has 1 fully saturated rings. The van der Waals surface area contributed by atoms with Crippen LogP contribution in [0.4, 0.5) is 19.0 Å². The van der Waals surface area contributed by atoms with Crippen molar-refractivity contribution in [2.45, 2.75) is 19.0 Å². The summed E-state index contributed by atoms with van der Waals surface area (Å²) in [6, 6.07) is 5.41. The summed E-state index contributed by atoms with van der Waals surface area (Å²) in [5.41, 5.74) is 5.77. The quantitative estimate of drug-likeness (QED) is 0.659. The van der Waals surface area contributed by atoms with Crippen LogP contribution in [-0.2, 0) is 0 Å². The number of nitrogens with two attached hydrogens (primary N) is 1. The minimum Gasteiger partial charge on any atom is -0.370 e. The van der Waals surface area contributed by atoms with Gasteiger partial charge in [-0.05, 0) is 44.0 Å². The van der Waals surface area contributed by atoms with Crippen LogP contribution in [0.1, 0.15) is 12.8 Å². The van der Waals surface area contributed by atoms with Crippen molar-refractivity contribution in [3.8, 4) is 0 Å². The first-order valence-corrected chi connectivity index (χ1v) is 7.19. The van der Waals surface area contributed by atoms with E-state index in [0.29, 0.717) is 38.3 Å². The Morgan fingerprint density at radius 3 is 2.68 bits per heavy atom. The van der Waals surface area contributed by atoms with E-state index in [4.69, 9.17) is 5.73 Å². The molecule has 1 aromatic heterocycles. The lowest BCUT2D eigenvalue weighted by molar-refractivity contribution is -0.148. The molecule has 22 heavy (non-hydrogen) atoms. The summed E-state index contributed by atoms with van der Waals surface area (Å²) in [6.07, 6.45) is -1.07. The summed E-state index contributed by atoms with van der Waals surface area (Å²) in [5.74, 6) is 1.16. The van der Waals surface area contributed by atoms with Gasteiger partial charge in [-0.25, -0.2) is 4.98 Å². The molecule has 2 rings (SSSR count). The van der Waals surface area contributed by atoms with Crippen LogP contribution in [-0.4, -0.2) is 48.2 Å². The number of likely N-dealkylation sites (tertiary alicyclic amines) is 1. The molecule has 122 valence electrons. The van der Waals surface area contributed by atoms with E-state index in [2.05, 4.69) is 15.3 Å². The lowest BCUT2D eigenvalue weighted by Gasteiger charge is -2.31. The van der Waals surface area contributed by atoms with Gasteiger partial charge in [0.15, 0.2) is 5.96 Å². The summed E-state index contributed by atoms with van der Waals surface area (Å²) in [7, 11) is 0. The molecule has 0 amide bonds. The van der Waals surface area contributed by atoms with Crippen LogP contribution >= 0.6 is 0 Å². The van der Waals surface area contributed by atoms with Crippen LogP contribution < -0.4 is 11.1 Å². The van der Waals surface area contributed by atoms with Gasteiger partial charge in [0.1, 0.15) is 5.82 Å². The van der Waals surface area contributed by atoms with E-state index in [9.17, 15) is 13.2 Å². The van der Waals surface area contributed by atoms with Crippen molar-refractivity contribution >= 4 is 11.8 Å². The molecule has 3 N–H and O–H groups in total. The molecular formula is C14H20F3N5. The maximum atomic E-state index is 12.3. The normalized spacial score (nSPS) is 18.4. The van der Waals surface area contributed by atoms with Crippen molar-refractivity contribution in [3.05, 3.63) is 24.4 Å². The topological polar surface area (TPSA) is 66.5 Å². The zero-order valence-corrected chi connectivity index (χ0v) is 12.2. The lowest BCUT2D eigenvalue weighted by atomic mass is 9.97. The molecule has 0 radical (unpaired) electrons. The first-order chi connectivity index (χ1) is 10.4. The number of aliphatic imine (C=N–C) groups is 1. The number of alkyl halides is 3. The molecule has 1 aromatic rings. The smallest absolute Gasteiger partial charge is 0.370 e. The SMILES string of the molecule is NC(=NCC1CCN(CC(F)(F)F)CC1)Nc1ccccn1. The Morgan fingerprint density at radius 1 is 1.36 bits per heavy atom. The standard InChI is InChI=1S/C14H20F3N5/c15-14(16,17)10-22-7-4-11(5-8-22)9-20-13(18)21-12-3-1-2-6-19-12/h1-3,6,11H,4-5,7-10H2,(H3,18,19,20,21). The number of hydrogen-bond acceptors (Lipinski definition) is 3. The highest BCUT2D eigenvalue weighted by Crippen LogP contribution is 2.22. The fourth-order valence-electron chi connectivity index (χ4n) is 2.42. The number of aromatic nitrogens is 1. The van der Waals surface area contributed by atoms with Crippen molar-refractivity contribution in [1.29, 1.82) is 0 Å². The average molecular weight is 315 g/mol. The van der Waals surface area contributed by atoms with Crippen molar-refractivity contribution in [2.75, 3.05) is 31.5 Å². The molecule has 1 aliphatic rings. The molecule has 0 unspecified atom stereocenters. The Kier molecular flexibility index (Phi) is 5.59. The Hall–Kier alpha value is -1.83. The number of pyridine rings is 1. The number of rotatable bonds is 4. The van der Waals surface area contributed by atoms with Crippen LogP contribution in [0.5, 0.6) is 0 Å². The number of halogens is 3. The Bertz CT molecular complexity index is 481. The number of hydrogen-bond donors (Lipinski definition) is 2. The molecule has 0 aromatic carbocycles. The molecule has 2 heterocycles. The molecule has 1 aliphatic heterocycles. The summed E-state index contributed by atoms with van der Waals surface area (Å²) in [4.78, 5) is 9.76. The lowest BCUT2D eigenvalue weighted by Crippen LogP contribution is -2.40. The van der Waals surface area contributed by atoms with Gasteiger partial charge in [0.25, 0.3) is 0 Å². The largest absolute Gasteiger partial charge is 0.401 e. The van der Waals surface area contributed by atoms with E-state index in [1.807, 2.05) is 6.07 Å². The minimum absolute atomic E-state index is 0.272. The predicted molar refractivity (Wildman–Crippen MR) is 79.6 cm³/mol. The third-order valence-corrected chi connectivity index (χ3v) is 3.55. The summed E-state index contributed by atoms with van der Waals surface area (Å²) in [6.45, 7) is 0.596. The predicted octanol–water partition coefficient (Wildman–Crippen LogP) is 2.08. The first kappa shape index (κ1) is 16.5. The average Bonchev–Trinajstić information content (AvgIpc) is 2.46. The van der Waals surface area contributed by atoms with E-state index in [-0.39, 0.29) is 11.9 Å². The highest BCUT2D eigenvalue weighted by molar-refractivity contribution is 5.91. The van der Waals surface area contributed by atoms with Gasteiger partial charge in [0.2, 0.25) is 0 Å². The van der Waals surface area contributed by atoms with E-state index >= 15 is 0 Å². The number of piperidine rings is 1. The number of nitrogens with one attached hydrogen (secondary N) is 1. The molecule has 0 spiro atoms. The molecule has 8 heteroatoms. The minimum atomic E-state index is -4.12. The number of nitrogens with zero attached hydrogens (tertiary/aromatic N) is 3.